The van der Waals surface area contributed by atoms with Gasteiger partial charge in [-0.05, 0) is 49.7 Å². The first-order valence-corrected chi connectivity index (χ1v) is 13.4. The molecular formula is C22H26N4O5S2. The molecule has 0 spiro atoms. The van der Waals surface area contributed by atoms with E-state index in [-0.39, 0.29) is 35.8 Å². The fourth-order valence-corrected chi connectivity index (χ4v) is 6.47. The van der Waals surface area contributed by atoms with Crippen molar-refractivity contribution in [3.05, 3.63) is 48.4 Å². The van der Waals surface area contributed by atoms with Crippen LogP contribution in [-0.4, -0.2) is 64.4 Å². The predicted octanol–water partition coefficient (Wildman–Crippen LogP) is 2.87. The van der Waals surface area contributed by atoms with Crippen LogP contribution in [0.4, 0.5) is 0 Å². The number of thioether (sulfide) groups is 1. The molecule has 0 bridgehead atoms. The lowest BCUT2D eigenvalue weighted by molar-refractivity contribution is -0.131. The van der Waals surface area contributed by atoms with Gasteiger partial charge >= 0.3 is 0 Å². The zero-order valence-corrected chi connectivity index (χ0v) is 20.1. The van der Waals surface area contributed by atoms with Crippen LogP contribution in [0.3, 0.4) is 0 Å². The first-order valence-electron chi connectivity index (χ1n) is 10.6. The van der Waals surface area contributed by atoms with Gasteiger partial charge in [0.25, 0.3) is 0 Å². The van der Waals surface area contributed by atoms with Crippen molar-refractivity contribution in [3.8, 4) is 17.1 Å². The van der Waals surface area contributed by atoms with Crippen LogP contribution in [0.2, 0.25) is 0 Å². The molecule has 4 rings (SSSR count). The Morgan fingerprint density at radius 2 is 2.06 bits per heavy atom. The molecule has 1 fully saturated rings. The molecule has 0 radical (unpaired) electrons. The smallest absolute Gasteiger partial charge is 0.233 e. The highest BCUT2D eigenvalue weighted by Crippen LogP contribution is 2.27. The second-order valence-electron chi connectivity index (χ2n) is 7.73. The molecule has 1 aromatic carbocycles. The number of benzene rings is 1. The van der Waals surface area contributed by atoms with E-state index in [1.54, 1.807) is 30.4 Å². The number of aromatic nitrogens is 3. The van der Waals surface area contributed by atoms with Crippen molar-refractivity contribution in [1.29, 1.82) is 0 Å². The first kappa shape index (κ1) is 23.4. The minimum absolute atomic E-state index is 0.0170. The van der Waals surface area contributed by atoms with Crippen LogP contribution < -0.4 is 4.74 Å². The van der Waals surface area contributed by atoms with Crippen LogP contribution in [0, 0.1) is 0 Å². The van der Waals surface area contributed by atoms with E-state index in [2.05, 4.69) is 10.2 Å². The second-order valence-corrected chi connectivity index (χ2v) is 10.9. The Bertz CT molecular complexity index is 1190. The molecule has 0 saturated carbocycles. The fraction of sp³-hybridized carbons (Fsp3) is 0.409. The number of carbonyl (C=O) groups is 1. The lowest BCUT2D eigenvalue weighted by Gasteiger charge is -2.27. The molecule has 9 nitrogen and oxygen atoms in total. The number of carbonyl (C=O) groups excluding carboxylic acids is 1. The zero-order valence-electron chi connectivity index (χ0n) is 18.5. The molecule has 33 heavy (non-hydrogen) atoms. The maximum atomic E-state index is 13.2. The van der Waals surface area contributed by atoms with Gasteiger partial charge in [0.1, 0.15) is 11.5 Å². The van der Waals surface area contributed by atoms with Crippen molar-refractivity contribution >= 4 is 27.5 Å². The minimum atomic E-state index is -3.13. The zero-order chi connectivity index (χ0) is 23.4. The highest BCUT2D eigenvalue weighted by Gasteiger charge is 2.35. The van der Waals surface area contributed by atoms with Crippen LogP contribution in [0.1, 0.15) is 19.1 Å². The Kier molecular flexibility index (Phi) is 7.08. The lowest BCUT2D eigenvalue weighted by Crippen LogP contribution is -2.41. The number of ether oxygens (including phenoxy) is 1. The van der Waals surface area contributed by atoms with E-state index < -0.39 is 9.84 Å². The first-order chi connectivity index (χ1) is 15.9. The molecule has 176 valence electrons. The van der Waals surface area contributed by atoms with Crippen molar-refractivity contribution < 1.29 is 22.4 Å². The van der Waals surface area contributed by atoms with Gasteiger partial charge in [-0.15, -0.1) is 10.2 Å². The Labute approximate surface area is 197 Å². The summed E-state index contributed by atoms with van der Waals surface area (Å²) in [5, 5.41) is 9.25. The van der Waals surface area contributed by atoms with Crippen molar-refractivity contribution in [3.63, 3.8) is 0 Å². The van der Waals surface area contributed by atoms with Crippen molar-refractivity contribution in [1.82, 2.24) is 19.7 Å². The van der Waals surface area contributed by atoms with E-state index in [1.165, 1.54) is 11.8 Å². The van der Waals surface area contributed by atoms with Crippen molar-refractivity contribution in [2.24, 2.45) is 0 Å². The maximum absolute atomic E-state index is 13.2. The molecule has 3 aromatic rings. The van der Waals surface area contributed by atoms with Gasteiger partial charge in [0, 0.05) is 18.2 Å². The number of sulfone groups is 1. The Balaban J connectivity index is 1.49. The molecule has 1 saturated heterocycles. The summed E-state index contributed by atoms with van der Waals surface area (Å²) in [6.07, 6.45) is 1.98. The normalized spacial score (nSPS) is 17.2. The van der Waals surface area contributed by atoms with E-state index in [9.17, 15) is 13.2 Å². The maximum Gasteiger partial charge on any atom is 0.233 e. The second kappa shape index (κ2) is 10.0. The van der Waals surface area contributed by atoms with Gasteiger partial charge in [-0.3, -0.25) is 4.79 Å². The molecule has 2 aromatic heterocycles. The average molecular weight is 491 g/mol. The average Bonchev–Trinajstić information content (AvgIpc) is 3.55. The predicted molar refractivity (Wildman–Crippen MR) is 125 cm³/mol. The molecule has 3 heterocycles. The minimum Gasteiger partial charge on any atom is -0.497 e. The van der Waals surface area contributed by atoms with E-state index in [1.807, 2.05) is 35.8 Å². The summed E-state index contributed by atoms with van der Waals surface area (Å²) >= 11 is 1.30. The van der Waals surface area contributed by atoms with Crippen LogP contribution in [0.15, 0.2) is 52.2 Å². The molecule has 1 amide bonds. The van der Waals surface area contributed by atoms with E-state index in [0.29, 0.717) is 29.7 Å². The van der Waals surface area contributed by atoms with Gasteiger partial charge in [0.15, 0.2) is 20.8 Å². The van der Waals surface area contributed by atoms with Gasteiger partial charge in [-0.2, -0.15) is 0 Å². The van der Waals surface area contributed by atoms with Crippen LogP contribution in [0.25, 0.3) is 11.4 Å². The summed E-state index contributed by atoms with van der Waals surface area (Å²) in [6.45, 7) is 2.88. The number of nitrogens with zero attached hydrogens (tertiary/aromatic N) is 4. The lowest BCUT2D eigenvalue weighted by atomic mass is 10.2. The highest BCUT2D eigenvalue weighted by molar-refractivity contribution is 7.99. The summed E-state index contributed by atoms with van der Waals surface area (Å²) in [5.74, 6) is 2.14. The number of amides is 1. The van der Waals surface area contributed by atoms with E-state index in [0.717, 1.165) is 11.3 Å². The summed E-state index contributed by atoms with van der Waals surface area (Å²) in [6, 6.07) is 10.7. The fourth-order valence-electron chi connectivity index (χ4n) is 3.86. The largest absolute Gasteiger partial charge is 0.497 e. The SMILES string of the molecule is CCn1c(SCC(=O)N(Cc2ccco2)C2CCS(=O)(=O)C2)nnc1-c1ccc(OC)cc1. The summed E-state index contributed by atoms with van der Waals surface area (Å²) in [5.41, 5.74) is 0.902. The summed E-state index contributed by atoms with van der Waals surface area (Å²) in [4.78, 5) is 14.8. The van der Waals surface area contributed by atoms with Gasteiger partial charge in [0.2, 0.25) is 5.91 Å². The molecule has 1 atom stereocenters. The van der Waals surface area contributed by atoms with Crippen LogP contribution >= 0.6 is 11.8 Å². The number of hydrogen-bond acceptors (Lipinski definition) is 8. The van der Waals surface area contributed by atoms with Gasteiger partial charge in [-0.25, -0.2) is 8.42 Å². The molecule has 1 unspecified atom stereocenters. The van der Waals surface area contributed by atoms with Crippen LogP contribution in [0.5, 0.6) is 5.75 Å². The third kappa shape index (κ3) is 5.41. The Morgan fingerprint density at radius 1 is 1.27 bits per heavy atom. The standard InChI is InChI=1S/C22H26N4O5S2/c1-3-25-21(16-6-8-18(30-2)9-7-16)23-24-22(25)32-14-20(27)26(13-19-5-4-11-31-19)17-10-12-33(28,29)15-17/h4-9,11,17H,3,10,12-15H2,1-2H3. The van der Waals surface area contributed by atoms with Gasteiger partial charge in [-0.1, -0.05) is 11.8 Å². The van der Waals surface area contributed by atoms with Crippen molar-refractivity contribution in [2.45, 2.75) is 37.6 Å². The number of furan rings is 1. The highest BCUT2D eigenvalue weighted by atomic mass is 32.2. The van der Waals surface area contributed by atoms with E-state index in [4.69, 9.17) is 9.15 Å². The monoisotopic (exact) mass is 490 g/mol. The number of methoxy groups -OCH3 is 1. The topological polar surface area (TPSA) is 108 Å². The van der Waals surface area contributed by atoms with Gasteiger partial charge < -0.3 is 18.6 Å². The molecule has 11 heteroatoms. The summed E-state index contributed by atoms with van der Waals surface area (Å²) in [7, 11) is -1.51. The Morgan fingerprint density at radius 3 is 2.67 bits per heavy atom. The van der Waals surface area contributed by atoms with Crippen molar-refractivity contribution in [2.75, 3.05) is 24.4 Å². The summed E-state index contributed by atoms with van der Waals surface area (Å²) < 4.78 is 36.6. The number of hydrogen-bond donors (Lipinski definition) is 0. The number of rotatable bonds is 9. The molecule has 1 aliphatic heterocycles. The molecular weight excluding hydrogens is 464 g/mol. The molecule has 0 N–H and O–H groups in total. The third-order valence-electron chi connectivity index (χ3n) is 5.58. The quantitative estimate of drug-likeness (QED) is 0.422. The van der Waals surface area contributed by atoms with E-state index >= 15 is 0 Å². The molecule has 0 aliphatic carbocycles. The third-order valence-corrected chi connectivity index (χ3v) is 8.28. The van der Waals surface area contributed by atoms with Crippen LogP contribution in [-0.2, 0) is 27.7 Å². The Hall–Kier alpha value is -2.79. The molecule has 1 aliphatic rings. The van der Waals surface area contributed by atoms with Gasteiger partial charge in [0.05, 0.1) is 37.2 Å².